The first-order valence-electron chi connectivity index (χ1n) is 3.83. The van der Waals surface area contributed by atoms with Gasteiger partial charge < -0.3 is 0 Å². The Morgan fingerprint density at radius 2 is 2.38 bits per heavy atom. The molecule has 5 heteroatoms. The van der Waals surface area contributed by atoms with Crippen molar-refractivity contribution >= 4 is 11.4 Å². The third-order valence-corrected chi connectivity index (χ3v) is 2.02. The molecule has 0 atom stereocenters. The van der Waals surface area contributed by atoms with Gasteiger partial charge in [0.15, 0.2) is 0 Å². The molecule has 66 valence electrons. The molecule has 0 N–H and O–H groups in total. The van der Waals surface area contributed by atoms with Crippen LogP contribution in [0.15, 0.2) is 17.3 Å². The van der Waals surface area contributed by atoms with Gasteiger partial charge in [0, 0.05) is 17.3 Å². The van der Waals surface area contributed by atoms with Gasteiger partial charge in [-0.25, -0.2) is 0 Å². The average Bonchev–Trinajstić information content (AvgIpc) is 2.47. The van der Waals surface area contributed by atoms with Crippen molar-refractivity contribution in [2.24, 2.45) is 4.99 Å². The minimum atomic E-state index is -0.446. The van der Waals surface area contributed by atoms with Crippen LogP contribution in [0.5, 0.6) is 0 Å². The zero-order valence-corrected chi connectivity index (χ0v) is 7.02. The number of nitrogens with zero attached hydrogens (tertiary/aromatic N) is 3. The minimum Gasteiger partial charge on any atom is -0.283 e. The Morgan fingerprint density at radius 3 is 3.08 bits per heavy atom. The Morgan fingerprint density at radius 1 is 1.62 bits per heavy atom. The minimum absolute atomic E-state index is 0.0233. The lowest BCUT2D eigenvalue weighted by Crippen LogP contribution is -1.97. The Bertz CT molecular complexity index is 412. The lowest BCUT2D eigenvalue weighted by Gasteiger charge is -1.97. The van der Waals surface area contributed by atoms with E-state index in [2.05, 4.69) is 9.98 Å². The van der Waals surface area contributed by atoms with Crippen molar-refractivity contribution in [3.63, 3.8) is 0 Å². The second-order valence-electron chi connectivity index (χ2n) is 2.85. The lowest BCUT2D eigenvalue weighted by molar-refractivity contribution is -0.385. The molecule has 1 aromatic rings. The third kappa shape index (κ3) is 1.18. The van der Waals surface area contributed by atoms with E-state index in [9.17, 15) is 10.1 Å². The molecule has 0 spiro atoms. The Kier molecular flexibility index (Phi) is 1.58. The van der Waals surface area contributed by atoms with Crippen molar-refractivity contribution in [2.75, 3.05) is 0 Å². The van der Waals surface area contributed by atoms with Gasteiger partial charge in [-0.05, 0) is 6.92 Å². The van der Waals surface area contributed by atoms with E-state index in [0.717, 1.165) is 17.0 Å². The molecule has 13 heavy (non-hydrogen) atoms. The number of hydrogen-bond donors (Lipinski definition) is 0. The maximum absolute atomic E-state index is 10.4. The number of hydrogen-bond acceptors (Lipinski definition) is 4. The van der Waals surface area contributed by atoms with Crippen LogP contribution in [0.3, 0.4) is 0 Å². The van der Waals surface area contributed by atoms with E-state index < -0.39 is 4.92 Å². The molecule has 1 aromatic heterocycles. The Hall–Kier alpha value is -1.78. The molecule has 0 saturated heterocycles. The van der Waals surface area contributed by atoms with Crippen LogP contribution in [0.2, 0.25) is 0 Å². The predicted molar refractivity (Wildman–Crippen MR) is 46.8 cm³/mol. The van der Waals surface area contributed by atoms with Crippen molar-refractivity contribution in [3.8, 4) is 0 Å². The van der Waals surface area contributed by atoms with E-state index in [1.807, 2.05) is 6.92 Å². The highest BCUT2D eigenvalue weighted by Crippen LogP contribution is 2.20. The molecule has 2 heterocycles. The second kappa shape index (κ2) is 2.62. The largest absolute Gasteiger partial charge is 0.288 e. The maximum atomic E-state index is 10.4. The fraction of sp³-hybridized carbons (Fsp3) is 0.250. The van der Waals surface area contributed by atoms with Gasteiger partial charge in [0.05, 0.1) is 17.2 Å². The molecule has 0 amide bonds. The van der Waals surface area contributed by atoms with Crippen LogP contribution in [0.4, 0.5) is 5.69 Å². The third-order valence-electron chi connectivity index (χ3n) is 2.02. The molecule has 5 nitrogen and oxygen atoms in total. The van der Waals surface area contributed by atoms with Crippen molar-refractivity contribution in [2.45, 2.75) is 13.5 Å². The normalized spacial score (nSPS) is 13.8. The first-order chi connectivity index (χ1) is 6.18. The highest BCUT2D eigenvalue weighted by atomic mass is 16.6. The average molecular weight is 177 g/mol. The Balaban J connectivity index is 2.53. The second-order valence-corrected chi connectivity index (χ2v) is 2.85. The number of aromatic nitrogens is 1. The standard InChI is InChI=1S/C8H7N3O2/c1-5-7-2-6(11(12)13)3-10-8(7)4-9-5/h2-3H,4H2,1H3. The van der Waals surface area contributed by atoms with Gasteiger partial charge in [0.2, 0.25) is 0 Å². The van der Waals surface area contributed by atoms with Crippen LogP contribution < -0.4 is 0 Å². The van der Waals surface area contributed by atoms with Crippen LogP contribution in [0.1, 0.15) is 18.2 Å². The van der Waals surface area contributed by atoms with Gasteiger partial charge in [-0.2, -0.15) is 0 Å². The summed E-state index contributed by atoms with van der Waals surface area (Å²) in [6, 6.07) is 1.52. The molecule has 2 rings (SSSR count). The van der Waals surface area contributed by atoms with Gasteiger partial charge in [-0.15, -0.1) is 0 Å². The van der Waals surface area contributed by atoms with Crippen molar-refractivity contribution in [1.82, 2.24) is 4.98 Å². The Labute approximate surface area is 74.3 Å². The number of rotatable bonds is 1. The summed E-state index contributed by atoms with van der Waals surface area (Å²) in [5.74, 6) is 0. The fourth-order valence-corrected chi connectivity index (χ4v) is 1.30. The smallest absolute Gasteiger partial charge is 0.283 e. The molecule has 0 aromatic carbocycles. The quantitative estimate of drug-likeness (QED) is 0.479. The van der Waals surface area contributed by atoms with Gasteiger partial charge in [0.1, 0.15) is 6.20 Å². The number of nitro groups is 1. The molecular formula is C8H7N3O2. The highest BCUT2D eigenvalue weighted by Gasteiger charge is 2.17. The summed E-state index contributed by atoms with van der Waals surface area (Å²) in [7, 11) is 0. The molecule has 0 bridgehead atoms. The van der Waals surface area contributed by atoms with Gasteiger partial charge >= 0.3 is 0 Å². The highest BCUT2D eigenvalue weighted by molar-refractivity contribution is 6.01. The van der Waals surface area contributed by atoms with E-state index in [4.69, 9.17) is 0 Å². The van der Waals surface area contributed by atoms with Crippen molar-refractivity contribution in [3.05, 3.63) is 33.6 Å². The zero-order chi connectivity index (χ0) is 9.42. The monoisotopic (exact) mass is 177 g/mol. The topological polar surface area (TPSA) is 68.4 Å². The van der Waals surface area contributed by atoms with Gasteiger partial charge in [-0.3, -0.25) is 20.1 Å². The summed E-state index contributed by atoms with van der Waals surface area (Å²) in [5, 5.41) is 10.4. The number of fused-ring (bicyclic) bond motifs is 1. The van der Waals surface area contributed by atoms with Crippen LogP contribution in [-0.4, -0.2) is 15.6 Å². The molecular weight excluding hydrogens is 170 g/mol. The molecule has 0 unspecified atom stereocenters. The van der Waals surface area contributed by atoms with E-state index in [0.29, 0.717) is 6.54 Å². The molecule has 0 radical (unpaired) electrons. The van der Waals surface area contributed by atoms with Crippen molar-refractivity contribution in [1.29, 1.82) is 0 Å². The van der Waals surface area contributed by atoms with E-state index >= 15 is 0 Å². The predicted octanol–water partition coefficient (Wildman–Crippen LogP) is 1.31. The summed E-state index contributed by atoms with van der Waals surface area (Å²) in [5.41, 5.74) is 2.47. The molecule has 0 saturated carbocycles. The van der Waals surface area contributed by atoms with Crippen LogP contribution >= 0.6 is 0 Å². The first kappa shape index (κ1) is 7.85. The molecule has 0 fully saturated rings. The van der Waals surface area contributed by atoms with Crippen LogP contribution in [0.25, 0.3) is 0 Å². The molecule has 1 aliphatic rings. The van der Waals surface area contributed by atoms with Crippen LogP contribution in [-0.2, 0) is 6.54 Å². The first-order valence-corrected chi connectivity index (χ1v) is 3.83. The summed E-state index contributed by atoms with van der Waals surface area (Å²) in [6.07, 6.45) is 1.27. The number of aliphatic imine (C=N–C) groups is 1. The van der Waals surface area contributed by atoms with E-state index in [1.54, 1.807) is 0 Å². The van der Waals surface area contributed by atoms with Gasteiger partial charge in [0.25, 0.3) is 5.69 Å². The summed E-state index contributed by atoms with van der Waals surface area (Å²) >= 11 is 0. The summed E-state index contributed by atoms with van der Waals surface area (Å²) in [4.78, 5) is 18.1. The lowest BCUT2D eigenvalue weighted by atomic mass is 10.1. The summed E-state index contributed by atoms with van der Waals surface area (Å²) in [6.45, 7) is 2.37. The fourth-order valence-electron chi connectivity index (χ4n) is 1.30. The SMILES string of the molecule is CC1=NCc2ncc([N+](=O)[O-])cc21. The maximum Gasteiger partial charge on any atom is 0.288 e. The van der Waals surface area contributed by atoms with Crippen molar-refractivity contribution < 1.29 is 4.92 Å². The zero-order valence-electron chi connectivity index (χ0n) is 7.02. The summed E-state index contributed by atoms with van der Waals surface area (Å²) < 4.78 is 0. The molecule has 0 aliphatic carbocycles. The van der Waals surface area contributed by atoms with E-state index in [1.165, 1.54) is 12.3 Å². The number of pyridine rings is 1. The van der Waals surface area contributed by atoms with Crippen LogP contribution in [0, 0.1) is 10.1 Å². The van der Waals surface area contributed by atoms with Gasteiger partial charge in [-0.1, -0.05) is 0 Å². The molecule has 1 aliphatic heterocycles. The van der Waals surface area contributed by atoms with E-state index in [-0.39, 0.29) is 5.69 Å².